The summed E-state index contributed by atoms with van der Waals surface area (Å²) in [5.74, 6) is -0.177. The van der Waals surface area contributed by atoms with Gasteiger partial charge in [-0.2, -0.15) is 11.3 Å². The Hall–Kier alpha value is -1.19. The molecule has 1 aromatic heterocycles. The van der Waals surface area contributed by atoms with Gasteiger partial charge in [0.25, 0.3) is 0 Å². The highest BCUT2D eigenvalue weighted by Gasteiger charge is 2.11. The van der Waals surface area contributed by atoms with Gasteiger partial charge in [-0.1, -0.05) is 19.1 Å². The van der Waals surface area contributed by atoms with E-state index in [1.54, 1.807) is 11.3 Å². The molecule has 1 nitrogen and oxygen atoms in total. The minimum absolute atomic E-state index is 0.177. The monoisotopic (exact) mass is 263 g/mol. The van der Waals surface area contributed by atoms with E-state index in [0.717, 1.165) is 24.9 Å². The second kappa shape index (κ2) is 6.66. The van der Waals surface area contributed by atoms with E-state index in [1.807, 2.05) is 12.1 Å². The maximum atomic E-state index is 13.0. The third-order valence-electron chi connectivity index (χ3n) is 2.93. The lowest BCUT2D eigenvalue weighted by Gasteiger charge is -2.18. The van der Waals surface area contributed by atoms with Crippen molar-refractivity contribution in [3.05, 3.63) is 58.0 Å². The van der Waals surface area contributed by atoms with Crippen molar-refractivity contribution in [2.45, 2.75) is 25.8 Å². The molecule has 0 radical (unpaired) electrons. The molecule has 2 rings (SSSR count). The number of rotatable bonds is 6. The average Bonchev–Trinajstić information content (AvgIpc) is 2.88. The Morgan fingerprint density at radius 3 is 2.61 bits per heavy atom. The number of halogens is 1. The van der Waals surface area contributed by atoms with Crippen LogP contribution in [0.5, 0.6) is 0 Å². The largest absolute Gasteiger partial charge is 0.310 e. The average molecular weight is 263 g/mol. The highest BCUT2D eigenvalue weighted by atomic mass is 32.1. The van der Waals surface area contributed by atoms with Crippen molar-refractivity contribution in [2.75, 3.05) is 6.54 Å². The molecule has 1 N–H and O–H groups in total. The number of nitrogens with one attached hydrogen (secondary N) is 1. The highest BCUT2D eigenvalue weighted by Crippen LogP contribution is 2.20. The van der Waals surface area contributed by atoms with Gasteiger partial charge in [-0.3, -0.25) is 0 Å². The number of hydrogen-bond donors (Lipinski definition) is 1. The molecule has 18 heavy (non-hydrogen) atoms. The van der Waals surface area contributed by atoms with Crippen LogP contribution in [0.2, 0.25) is 0 Å². The van der Waals surface area contributed by atoms with Gasteiger partial charge in [0.1, 0.15) is 5.82 Å². The Morgan fingerprint density at radius 2 is 2.00 bits per heavy atom. The Bertz CT molecular complexity index is 450. The standard InChI is InChI=1S/C15H18FNS/c1-2-8-17-15(10-12-7-9-18-11-12)13-3-5-14(16)6-4-13/h3-7,9,11,15,17H,2,8,10H2,1H3. The van der Waals surface area contributed by atoms with Gasteiger partial charge in [-0.05, 0) is 59.5 Å². The quantitative estimate of drug-likeness (QED) is 0.824. The van der Waals surface area contributed by atoms with Crippen molar-refractivity contribution in [1.29, 1.82) is 0 Å². The van der Waals surface area contributed by atoms with Crippen molar-refractivity contribution in [3.8, 4) is 0 Å². The Kier molecular flexibility index (Phi) is 4.90. The molecular formula is C15H18FNS. The normalized spacial score (nSPS) is 12.6. The third kappa shape index (κ3) is 3.65. The molecular weight excluding hydrogens is 245 g/mol. The van der Waals surface area contributed by atoms with Gasteiger partial charge in [-0.15, -0.1) is 0 Å². The van der Waals surface area contributed by atoms with Crippen molar-refractivity contribution < 1.29 is 4.39 Å². The van der Waals surface area contributed by atoms with Crippen molar-refractivity contribution >= 4 is 11.3 Å². The summed E-state index contributed by atoms with van der Waals surface area (Å²) in [6, 6.07) is 9.21. The molecule has 2 aromatic rings. The van der Waals surface area contributed by atoms with Crippen LogP contribution in [-0.4, -0.2) is 6.54 Å². The summed E-state index contributed by atoms with van der Waals surface area (Å²) >= 11 is 1.72. The predicted octanol–water partition coefficient (Wildman–Crippen LogP) is 4.17. The first kappa shape index (κ1) is 13.2. The third-order valence-corrected chi connectivity index (χ3v) is 3.67. The van der Waals surface area contributed by atoms with Gasteiger partial charge in [0.15, 0.2) is 0 Å². The molecule has 0 saturated carbocycles. The molecule has 1 unspecified atom stereocenters. The highest BCUT2D eigenvalue weighted by molar-refractivity contribution is 7.07. The molecule has 0 amide bonds. The summed E-state index contributed by atoms with van der Waals surface area (Å²) in [5, 5.41) is 7.79. The molecule has 0 saturated heterocycles. The van der Waals surface area contributed by atoms with Crippen LogP contribution in [0.3, 0.4) is 0 Å². The van der Waals surface area contributed by atoms with Gasteiger partial charge in [0, 0.05) is 6.04 Å². The van der Waals surface area contributed by atoms with E-state index in [0.29, 0.717) is 0 Å². The van der Waals surface area contributed by atoms with Crippen molar-refractivity contribution in [2.24, 2.45) is 0 Å². The number of benzene rings is 1. The molecule has 1 atom stereocenters. The summed E-state index contributed by atoms with van der Waals surface area (Å²) in [6.45, 7) is 3.13. The Balaban J connectivity index is 2.11. The van der Waals surface area contributed by atoms with E-state index in [4.69, 9.17) is 0 Å². The van der Waals surface area contributed by atoms with Gasteiger partial charge in [-0.25, -0.2) is 4.39 Å². The van der Waals surface area contributed by atoms with Crippen LogP contribution in [-0.2, 0) is 6.42 Å². The van der Waals surface area contributed by atoms with Gasteiger partial charge < -0.3 is 5.32 Å². The van der Waals surface area contributed by atoms with E-state index >= 15 is 0 Å². The van der Waals surface area contributed by atoms with Gasteiger partial charge in [0.2, 0.25) is 0 Å². The Labute approximate surface area is 112 Å². The van der Waals surface area contributed by atoms with Gasteiger partial charge >= 0.3 is 0 Å². The van der Waals surface area contributed by atoms with Crippen LogP contribution < -0.4 is 5.32 Å². The number of hydrogen-bond acceptors (Lipinski definition) is 2. The van der Waals surface area contributed by atoms with Crippen LogP contribution in [0.4, 0.5) is 4.39 Å². The minimum atomic E-state index is -0.177. The maximum Gasteiger partial charge on any atom is 0.123 e. The summed E-state index contributed by atoms with van der Waals surface area (Å²) < 4.78 is 13.0. The molecule has 0 aliphatic rings. The maximum absolute atomic E-state index is 13.0. The number of thiophene rings is 1. The molecule has 1 heterocycles. The molecule has 0 fully saturated rings. The molecule has 0 aliphatic heterocycles. The fourth-order valence-electron chi connectivity index (χ4n) is 1.97. The zero-order valence-corrected chi connectivity index (χ0v) is 11.3. The predicted molar refractivity (Wildman–Crippen MR) is 75.5 cm³/mol. The minimum Gasteiger partial charge on any atom is -0.310 e. The van der Waals surface area contributed by atoms with E-state index in [-0.39, 0.29) is 11.9 Å². The fourth-order valence-corrected chi connectivity index (χ4v) is 2.65. The van der Waals surface area contributed by atoms with Crippen LogP contribution >= 0.6 is 11.3 Å². The van der Waals surface area contributed by atoms with E-state index in [9.17, 15) is 4.39 Å². The molecule has 96 valence electrons. The first-order valence-electron chi connectivity index (χ1n) is 6.29. The van der Waals surface area contributed by atoms with Crippen molar-refractivity contribution in [1.82, 2.24) is 5.32 Å². The second-order valence-corrected chi connectivity index (χ2v) is 5.17. The summed E-state index contributed by atoms with van der Waals surface area (Å²) in [5.41, 5.74) is 2.48. The molecule has 0 aliphatic carbocycles. The van der Waals surface area contributed by atoms with Crippen LogP contribution in [0.25, 0.3) is 0 Å². The van der Waals surface area contributed by atoms with Crippen molar-refractivity contribution in [3.63, 3.8) is 0 Å². The zero-order valence-electron chi connectivity index (χ0n) is 10.5. The molecule has 0 spiro atoms. The second-order valence-electron chi connectivity index (χ2n) is 4.39. The lowest BCUT2D eigenvalue weighted by atomic mass is 10.0. The first-order valence-corrected chi connectivity index (χ1v) is 7.24. The van der Waals surface area contributed by atoms with E-state index in [2.05, 4.69) is 29.1 Å². The summed E-state index contributed by atoms with van der Waals surface area (Å²) in [7, 11) is 0. The van der Waals surface area contributed by atoms with Crippen LogP contribution in [0.15, 0.2) is 41.1 Å². The lowest BCUT2D eigenvalue weighted by molar-refractivity contribution is 0.528. The van der Waals surface area contributed by atoms with E-state index < -0.39 is 0 Å². The summed E-state index contributed by atoms with van der Waals surface area (Å²) in [4.78, 5) is 0. The zero-order chi connectivity index (χ0) is 12.8. The van der Waals surface area contributed by atoms with Crippen LogP contribution in [0.1, 0.15) is 30.5 Å². The SMILES string of the molecule is CCCNC(Cc1ccsc1)c1ccc(F)cc1. The topological polar surface area (TPSA) is 12.0 Å². The fraction of sp³-hybridized carbons (Fsp3) is 0.333. The molecule has 3 heteroatoms. The lowest BCUT2D eigenvalue weighted by Crippen LogP contribution is -2.23. The van der Waals surface area contributed by atoms with Crippen LogP contribution in [0, 0.1) is 5.82 Å². The summed E-state index contributed by atoms with van der Waals surface area (Å²) in [6.07, 6.45) is 2.05. The molecule has 1 aromatic carbocycles. The smallest absolute Gasteiger partial charge is 0.123 e. The van der Waals surface area contributed by atoms with Gasteiger partial charge in [0.05, 0.1) is 0 Å². The van der Waals surface area contributed by atoms with E-state index in [1.165, 1.54) is 17.7 Å². The Morgan fingerprint density at radius 1 is 1.22 bits per heavy atom. The first-order chi connectivity index (χ1) is 8.79. The molecule has 0 bridgehead atoms.